The molecular weight excluding hydrogens is 102 g/mol. The van der Waals surface area contributed by atoms with Gasteiger partial charge >= 0.3 is 0 Å². The van der Waals surface area contributed by atoms with E-state index in [1.54, 1.807) is 6.92 Å². The number of hydrogen-bond donors (Lipinski definition) is 2. The van der Waals surface area contributed by atoms with E-state index in [4.69, 9.17) is 5.11 Å². The van der Waals surface area contributed by atoms with Gasteiger partial charge in [0.25, 0.3) is 0 Å². The molecule has 0 aliphatic heterocycles. The summed E-state index contributed by atoms with van der Waals surface area (Å²) >= 11 is 0. The second-order valence-corrected chi connectivity index (χ2v) is 1.98. The molecule has 0 aliphatic carbocycles. The Bertz CT molecular complexity index is 45.8. The summed E-state index contributed by atoms with van der Waals surface area (Å²) in [4.78, 5) is 0. The van der Waals surface area contributed by atoms with E-state index in [2.05, 4.69) is 12.2 Å². The van der Waals surface area contributed by atoms with Gasteiger partial charge in [0, 0.05) is 0 Å². The van der Waals surface area contributed by atoms with Crippen LogP contribution in [0.15, 0.2) is 0 Å². The van der Waals surface area contributed by atoms with Crippen LogP contribution in [0.3, 0.4) is 0 Å². The van der Waals surface area contributed by atoms with Gasteiger partial charge in [-0.2, -0.15) is 0 Å². The molecule has 0 amide bonds. The van der Waals surface area contributed by atoms with Gasteiger partial charge in [-0.3, -0.25) is 5.32 Å². The normalized spacial score (nSPS) is 13.9. The zero-order chi connectivity index (χ0) is 6.41. The maximum atomic E-state index is 8.67. The van der Waals surface area contributed by atoms with Gasteiger partial charge in [0.2, 0.25) is 0 Å². The molecule has 0 bridgehead atoms. The topological polar surface area (TPSA) is 32.3 Å². The third-order valence-electron chi connectivity index (χ3n) is 0.970. The fourth-order valence-electron chi connectivity index (χ4n) is 0.488. The van der Waals surface area contributed by atoms with E-state index in [1.807, 2.05) is 0 Å². The first-order chi connectivity index (χ1) is 3.77. The number of hydrogen-bond acceptors (Lipinski definition) is 2. The molecule has 0 saturated carbocycles. The first kappa shape index (κ1) is 7.92. The Morgan fingerprint density at radius 2 is 2.25 bits per heavy atom. The van der Waals surface area contributed by atoms with Gasteiger partial charge in [-0.15, -0.1) is 0 Å². The minimum Gasteiger partial charge on any atom is -0.379 e. The molecule has 2 nitrogen and oxygen atoms in total. The molecule has 0 aromatic rings. The van der Waals surface area contributed by atoms with E-state index in [9.17, 15) is 0 Å². The van der Waals surface area contributed by atoms with E-state index >= 15 is 0 Å². The van der Waals surface area contributed by atoms with Crippen LogP contribution in [0.5, 0.6) is 0 Å². The Labute approximate surface area is 50.9 Å². The van der Waals surface area contributed by atoms with E-state index in [0.29, 0.717) is 0 Å². The smallest absolute Gasteiger partial charge is 0.102 e. The SMILES string of the molecule is CCCCN[C@@H](C)O. The summed E-state index contributed by atoms with van der Waals surface area (Å²) in [7, 11) is 0. The zero-order valence-corrected chi connectivity index (χ0v) is 5.65. The van der Waals surface area contributed by atoms with Crippen molar-refractivity contribution in [1.29, 1.82) is 0 Å². The Balaban J connectivity index is 2.72. The number of unbranched alkanes of at least 4 members (excludes halogenated alkanes) is 1. The molecule has 8 heavy (non-hydrogen) atoms. The lowest BCUT2D eigenvalue weighted by atomic mass is 10.3. The predicted molar refractivity (Wildman–Crippen MR) is 34.6 cm³/mol. The fraction of sp³-hybridized carbons (Fsp3) is 1.00. The van der Waals surface area contributed by atoms with Crippen LogP contribution in [-0.2, 0) is 0 Å². The van der Waals surface area contributed by atoms with Gasteiger partial charge < -0.3 is 5.11 Å². The molecule has 0 aliphatic rings. The Kier molecular flexibility index (Phi) is 5.01. The highest BCUT2D eigenvalue weighted by Gasteiger charge is 1.88. The van der Waals surface area contributed by atoms with Crippen LogP contribution >= 0.6 is 0 Å². The second kappa shape index (κ2) is 5.06. The van der Waals surface area contributed by atoms with Gasteiger partial charge in [0.05, 0.1) is 0 Å². The Morgan fingerprint density at radius 1 is 1.62 bits per heavy atom. The van der Waals surface area contributed by atoms with Crippen molar-refractivity contribution >= 4 is 0 Å². The van der Waals surface area contributed by atoms with Crippen molar-refractivity contribution in [3.05, 3.63) is 0 Å². The quantitative estimate of drug-likeness (QED) is 0.420. The van der Waals surface area contributed by atoms with E-state index in [1.165, 1.54) is 6.42 Å². The molecule has 0 fully saturated rings. The van der Waals surface area contributed by atoms with Gasteiger partial charge in [-0.05, 0) is 19.9 Å². The largest absolute Gasteiger partial charge is 0.379 e. The summed E-state index contributed by atoms with van der Waals surface area (Å²) in [5.74, 6) is 0. The Morgan fingerprint density at radius 3 is 2.62 bits per heavy atom. The summed E-state index contributed by atoms with van der Waals surface area (Å²) in [5, 5.41) is 11.6. The van der Waals surface area contributed by atoms with Crippen LogP contribution in [0.2, 0.25) is 0 Å². The van der Waals surface area contributed by atoms with Crippen LogP contribution in [-0.4, -0.2) is 17.9 Å². The molecule has 0 spiro atoms. The Hall–Kier alpha value is -0.0800. The first-order valence-electron chi connectivity index (χ1n) is 3.18. The van der Waals surface area contributed by atoms with Crippen LogP contribution in [0.1, 0.15) is 26.7 Å². The molecule has 0 aromatic carbocycles. The summed E-state index contributed by atoms with van der Waals surface area (Å²) in [6, 6.07) is 0. The van der Waals surface area contributed by atoms with Gasteiger partial charge in [-0.25, -0.2) is 0 Å². The second-order valence-electron chi connectivity index (χ2n) is 1.98. The van der Waals surface area contributed by atoms with Crippen molar-refractivity contribution in [3.8, 4) is 0 Å². The standard InChI is InChI=1S/C6H15NO/c1-3-4-5-7-6(2)8/h6-8H,3-5H2,1-2H3/t6-/m1/s1. The molecule has 0 aromatic heterocycles. The maximum absolute atomic E-state index is 8.67. The molecule has 0 rings (SSSR count). The minimum atomic E-state index is -0.346. The summed E-state index contributed by atoms with van der Waals surface area (Å²) in [6.45, 7) is 4.79. The molecule has 2 N–H and O–H groups in total. The summed E-state index contributed by atoms with van der Waals surface area (Å²) in [6.07, 6.45) is 1.98. The zero-order valence-electron chi connectivity index (χ0n) is 5.65. The van der Waals surface area contributed by atoms with E-state index < -0.39 is 0 Å². The third-order valence-corrected chi connectivity index (χ3v) is 0.970. The van der Waals surface area contributed by atoms with Crippen molar-refractivity contribution < 1.29 is 5.11 Å². The average molecular weight is 117 g/mol. The van der Waals surface area contributed by atoms with Gasteiger partial charge in [-0.1, -0.05) is 13.3 Å². The fourth-order valence-corrected chi connectivity index (χ4v) is 0.488. The predicted octanol–water partition coefficient (Wildman–Crippen LogP) is 0.714. The lowest BCUT2D eigenvalue weighted by Crippen LogP contribution is -2.25. The van der Waals surface area contributed by atoms with Crippen LogP contribution in [0.25, 0.3) is 0 Å². The highest BCUT2D eigenvalue weighted by molar-refractivity contribution is 4.44. The van der Waals surface area contributed by atoms with Crippen LogP contribution in [0.4, 0.5) is 0 Å². The van der Waals surface area contributed by atoms with Crippen LogP contribution < -0.4 is 5.32 Å². The van der Waals surface area contributed by atoms with Gasteiger partial charge in [0.1, 0.15) is 6.23 Å². The maximum Gasteiger partial charge on any atom is 0.102 e. The highest BCUT2D eigenvalue weighted by atomic mass is 16.3. The molecule has 0 heterocycles. The number of nitrogens with one attached hydrogen (secondary N) is 1. The summed E-state index contributed by atoms with van der Waals surface area (Å²) in [5.41, 5.74) is 0. The monoisotopic (exact) mass is 117 g/mol. The third kappa shape index (κ3) is 5.92. The number of rotatable bonds is 4. The van der Waals surface area contributed by atoms with Crippen molar-refractivity contribution in [3.63, 3.8) is 0 Å². The van der Waals surface area contributed by atoms with Gasteiger partial charge in [0.15, 0.2) is 0 Å². The number of aliphatic hydroxyl groups is 1. The lowest BCUT2D eigenvalue weighted by molar-refractivity contribution is 0.156. The van der Waals surface area contributed by atoms with Crippen molar-refractivity contribution in [1.82, 2.24) is 5.32 Å². The molecule has 2 heteroatoms. The highest BCUT2D eigenvalue weighted by Crippen LogP contribution is 1.82. The first-order valence-corrected chi connectivity index (χ1v) is 3.18. The van der Waals surface area contributed by atoms with Crippen molar-refractivity contribution in [2.45, 2.75) is 32.9 Å². The molecular formula is C6H15NO. The van der Waals surface area contributed by atoms with Crippen molar-refractivity contribution in [2.24, 2.45) is 0 Å². The van der Waals surface area contributed by atoms with Crippen molar-refractivity contribution in [2.75, 3.05) is 6.54 Å². The van der Waals surface area contributed by atoms with E-state index in [-0.39, 0.29) is 6.23 Å². The number of aliphatic hydroxyl groups excluding tert-OH is 1. The minimum absolute atomic E-state index is 0.346. The molecule has 0 saturated heterocycles. The molecule has 50 valence electrons. The molecule has 0 radical (unpaired) electrons. The molecule has 1 atom stereocenters. The molecule has 0 unspecified atom stereocenters. The summed E-state index contributed by atoms with van der Waals surface area (Å²) < 4.78 is 0. The lowest BCUT2D eigenvalue weighted by Gasteiger charge is -2.04. The van der Waals surface area contributed by atoms with Crippen LogP contribution in [0, 0.1) is 0 Å². The van der Waals surface area contributed by atoms with E-state index in [0.717, 1.165) is 13.0 Å². The average Bonchev–Trinajstić information content (AvgIpc) is 1.66.